The summed E-state index contributed by atoms with van der Waals surface area (Å²) in [6.07, 6.45) is 9.54. The molecule has 3 aromatic rings. The molecular weight excluding hydrogens is 801 g/mol. The van der Waals surface area contributed by atoms with Crippen LogP contribution in [0.3, 0.4) is 0 Å². The molecular formula is C50H64N4O9. The molecule has 2 saturated carbocycles. The number of aromatic amines is 1. The molecule has 338 valence electrons. The van der Waals surface area contributed by atoms with Gasteiger partial charge in [0.2, 0.25) is 0 Å². The quantitative estimate of drug-likeness (QED) is 0.113. The van der Waals surface area contributed by atoms with Crippen molar-refractivity contribution in [3.05, 3.63) is 70.9 Å². The predicted molar refractivity (Wildman–Crippen MR) is 236 cm³/mol. The maximum Gasteiger partial charge on any atom is 0.322 e. The number of para-hydroxylation sites is 1. The van der Waals surface area contributed by atoms with Crippen LogP contribution < -0.4 is 9.64 Å². The van der Waals surface area contributed by atoms with E-state index in [9.17, 15) is 19.8 Å². The van der Waals surface area contributed by atoms with Gasteiger partial charge in [-0.2, -0.15) is 0 Å². The van der Waals surface area contributed by atoms with Crippen LogP contribution >= 0.6 is 0 Å². The van der Waals surface area contributed by atoms with E-state index in [1.165, 1.54) is 14.0 Å². The zero-order valence-corrected chi connectivity index (χ0v) is 37.7. The van der Waals surface area contributed by atoms with Crippen LogP contribution in [-0.2, 0) is 45.8 Å². The van der Waals surface area contributed by atoms with E-state index in [1.54, 1.807) is 7.11 Å². The lowest BCUT2D eigenvalue weighted by Crippen LogP contribution is -2.80. The van der Waals surface area contributed by atoms with Gasteiger partial charge in [-0.15, -0.1) is 0 Å². The van der Waals surface area contributed by atoms with Gasteiger partial charge in [-0.25, -0.2) is 0 Å². The number of nitrogens with one attached hydrogen (secondary N) is 1. The lowest BCUT2D eigenvalue weighted by molar-refractivity contribution is -0.310. The molecule has 6 heterocycles. The Labute approximate surface area is 370 Å². The fourth-order valence-corrected chi connectivity index (χ4v) is 14.6. The molecule has 7 aliphatic rings. The van der Waals surface area contributed by atoms with Crippen molar-refractivity contribution in [3.63, 3.8) is 0 Å². The van der Waals surface area contributed by atoms with Gasteiger partial charge in [0.1, 0.15) is 17.2 Å². The second kappa shape index (κ2) is 15.1. The van der Waals surface area contributed by atoms with Crippen molar-refractivity contribution in [2.75, 3.05) is 58.9 Å². The number of benzene rings is 2. The second-order valence-corrected chi connectivity index (χ2v) is 20.0. The third kappa shape index (κ3) is 5.90. The number of methoxy groups -OCH3 is 2. The Morgan fingerprint density at radius 2 is 1.75 bits per heavy atom. The minimum Gasteiger partial charge on any atom is -0.496 e. The maximum atomic E-state index is 15.4. The fraction of sp³-hybridized carbons (Fsp3) is 0.620. The van der Waals surface area contributed by atoms with Crippen LogP contribution in [0.2, 0.25) is 0 Å². The third-order valence-corrected chi connectivity index (χ3v) is 17.0. The summed E-state index contributed by atoms with van der Waals surface area (Å²) in [6, 6.07) is 11.1. The summed E-state index contributed by atoms with van der Waals surface area (Å²) in [5.41, 5.74) is 0.869. The zero-order valence-electron chi connectivity index (χ0n) is 37.7. The van der Waals surface area contributed by atoms with Crippen molar-refractivity contribution in [1.29, 1.82) is 0 Å². The zero-order chi connectivity index (χ0) is 44.3. The first-order valence-corrected chi connectivity index (χ1v) is 23.4. The average Bonchev–Trinajstić information content (AvgIpc) is 4.08. The van der Waals surface area contributed by atoms with E-state index in [-0.39, 0.29) is 23.8 Å². The number of hydrogen-bond acceptors (Lipinski definition) is 12. The van der Waals surface area contributed by atoms with E-state index >= 15 is 4.79 Å². The number of aromatic nitrogens is 1. The summed E-state index contributed by atoms with van der Waals surface area (Å²) in [7, 11) is 4.98. The molecule has 13 heteroatoms. The third-order valence-electron chi connectivity index (χ3n) is 17.0. The van der Waals surface area contributed by atoms with Crippen molar-refractivity contribution in [1.82, 2.24) is 14.8 Å². The van der Waals surface area contributed by atoms with Crippen molar-refractivity contribution in [2.45, 2.75) is 125 Å². The number of rotatable bonds is 8. The van der Waals surface area contributed by atoms with E-state index in [2.05, 4.69) is 46.0 Å². The smallest absolute Gasteiger partial charge is 0.322 e. The lowest BCUT2D eigenvalue weighted by Gasteiger charge is -2.63. The van der Waals surface area contributed by atoms with E-state index in [0.29, 0.717) is 82.6 Å². The number of nitrogens with zero attached hydrogens (tertiary/aromatic N) is 3. The van der Waals surface area contributed by atoms with Crippen LogP contribution in [0.25, 0.3) is 10.9 Å². The van der Waals surface area contributed by atoms with Crippen LogP contribution in [0.1, 0.15) is 101 Å². The number of carbonyl (C=O) groups is 3. The normalized spacial score (nSPS) is 37.0. The molecule has 4 unspecified atom stereocenters. The number of hydrogen-bond donors (Lipinski definition) is 3. The van der Waals surface area contributed by atoms with E-state index in [0.717, 1.165) is 59.1 Å². The minimum atomic E-state index is -2.27. The lowest BCUT2D eigenvalue weighted by atomic mass is 9.50. The topological polar surface area (TPSA) is 154 Å². The summed E-state index contributed by atoms with van der Waals surface area (Å²) in [4.78, 5) is 53.6. The largest absolute Gasteiger partial charge is 0.496 e. The van der Waals surface area contributed by atoms with Crippen LogP contribution in [0.15, 0.2) is 48.6 Å². The van der Waals surface area contributed by atoms with E-state index in [4.69, 9.17) is 18.9 Å². The molecule has 10 atom stereocenters. The molecule has 2 aliphatic carbocycles. The minimum absolute atomic E-state index is 0.0936. The van der Waals surface area contributed by atoms with E-state index < -0.39 is 51.7 Å². The van der Waals surface area contributed by atoms with Gasteiger partial charge in [0.25, 0.3) is 5.79 Å². The number of anilines is 1. The average molecular weight is 865 g/mol. The number of likely N-dealkylation sites (N-methyl/N-ethyl adjacent to an activating group) is 1. The summed E-state index contributed by atoms with van der Waals surface area (Å²) in [5.74, 6) is -3.64. The molecule has 0 amide bonds. The Morgan fingerprint density at radius 3 is 2.46 bits per heavy atom. The standard InChI is InChI=1S/C50H64N4O9/c1-7-46(58)26-31-27-49(45(57)61-6,40-34(18-22-53(28-31)29-46)33-16-11-12-17-37(33)51-40)36-24-35-38(25-39(36)60-5)52(4)43-48(35)20-23-54-21-13-19-47(8-2,42(48)54)44(50(43,59)63-30(3)55)62-41(56)32-14-9-10-15-32/h11-13,16-17,19,24-25,31-32,42-44,51,58-59H,7-10,14-15,18,20-23,26-29H2,1-6H3/t31-,42?,43?,44+,46-,47+,48?,49-,50+/m0/s1. The highest BCUT2D eigenvalue weighted by Crippen LogP contribution is 2.68. The van der Waals surface area contributed by atoms with Gasteiger partial charge < -0.3 is 39.0 Å². The Bertz CT molecular complexity index is 2380. The van der Waals surface area contributed by atoms with Gasteiger partial charge in [0.05, 0.1) is 25.7 Å². The molecule has 1 aromatic heterocycles. The predicted octanol–water partition coefficient (Wildman–Crippen LogP) is 5.51. The molecule has 1 spiro atoms. The fourth-order valence-electron chi connectivity index (χ4n) is 14.6. The van der Waals surface area contributed by atoms with Gasteiger partial charge in [-0.1, -0.05) is 57.0 Å². The molecule has 2 aromatic carbocycles. The number of H-pyrrole nitrogens is 1. The Balaban J connectivity index is 1.24. The highest BCUT2D eigenvalue weighted by molar-refractivity contribution is 5.94. The van der Waals surface area contributed by atoms with Gasteiger partial charge >= 0.3 is 17.9 Å². The van der Waals surface area contributed by atoms with Gasteiger partial charge in [0.15, 0.2) is 6.10 Å². The highest BCUT2D eigenvalue weighted by Gasteiger charge is 2.80. The molecule has 0 radical (unpaired) electrons. The van der Waals surface area contributed by atoms with Crippen molar-refractivity contribution < 1.29 is 43.5 Å². The SMILES string of the molecule is CC[C@]1(O)C[C@@H]2CN(CCc3c([nH]c4ccccc34)[C@@](C(=O)OC)(c3cc4c(cc3OC)N(C)C3C45CCN4CC=C[C@](CC)(C45)[C@@H](OC(=O)C4CCCC4)[C@]3(O)OC(C)=O)C2)C1. The maximum absolute atomic E-state index is 15.4. The van der Waals surface area contributed by atoms with Gasteiger partial charge in [0, 0.05) is 90.9 Å². The molecule has 2 saturated heterocycles. The summed E-state index contributed by atoms with van der Waals surface area (Å²) in [6.45, 7) is 8.74. The first-order valence-electron chi connectivity index (χ1n) is 23.4. The number of carbonyl (C=O) groups excluding carboxylic acids is 3. The molecule has 13 nitrogen and oxygen atoms in total. The molecule has 5 aliphatic heterocycles. The first kappa shape index (κ1) is 42.5. The number of fused-ring (bicyclic) bond motifs is 6. The van der Waals surface area contributed by atoms with Crippen molar-refractivity contribution in [3.8, 4) is 5.75 Å². The Kier molecular flexibility index (Phi) is 10.2. The van der Waals surface area contributed by atoms with Crippen LogP contribution in [0.4, 0.5) is 5.69 Å². The first-order chi connectivity index (χ1) is 30.2. The van der Waals surface area contributed by atoms with Crippen LogP contribution in [-0.4, -0.2) is 126 Å². The molecule has 63 heavy (non-hydrogen) atoms. The molecule has 2 bridgehead atoms. The molecule has 3 N–H and O–H groups in total. The van der Waals surface area contributed by atoms with Gasteiger partial charge in [-0.3, -0.25) is 24.2 Å². The summed E-state index contributed by atoms with van der Waals surface area (Å²) >= 11 is 0. The van der Waals surface area contributed by atoms with Gasteiger partial charge in [-0.05, 0) is 87.1 Å². The summed E-state index contributed by atoms with van der Waals surface area (Å²) < 4.78 is 25.3. The Morgan fingerprint density at radius 1 is 0.968 bits per heavy atom. The van der Waals surface area contributed by atoms with Crippen LogP contribution in [0, 0.1) is 17.3 Å². The number of piperidine rings is 1. The number of aliphatic hydroxyl groups is 2. The van der Waals surface area contributed by atoms with Crippen LogP contribution in [0.5, 0.6) is 5.75 Å². The van der Waals surface area contributed by atoms with Crippen molar-refractivity contribution >= 4 is 34.5 Å². The number of esters is 3. The monoisotopic (exact) mass is 864 g/mol. The Hall–Kier alpha value is -4.43. The number of ether oxygens (including phenoxy) is 4. The summed E-state index contributed by atoms with van der Waals surface area (Å²) in [5, 5.41) is 26.7. The van der Waals surface area contributed by atoms with Crippen molar-refractivity contribution in [2.24, 2.45) is 17.3 Å². The molecule has 4 fully saturated rings. The highest BCUT2D eigenvalue weighted by atomic mass is 16.7. The second-order valence-electron chi connectivity index (χ2n) is 20.0. The molecule has 10 rings (SSSR count). The van der Waals surface area contributed by atoms with E-state index in [1.807, 2.05) is 43.1 Å².